The molecular formula is C17H20N2O2S. The second-order valence-corrected chi connectivity index (χ2v) is 6.09. The molecule has 0 radical (unpaired) electrons. The van der Waals surface area contributed by atoms with Gasteiger partial charge in [-0.05, 0) is 42.5 Å². The molecule has 0 spiro atoms. The van der Waals surface area contributed by atoms with Crippen LogP contribution in [0.25, 0.3) is 0 Å². The largest absolute Gasteiger partial charge is 0.350 e. The molecule has 1 atom stereocenters. The Balaban J connectivity index is 1.89. The van der Waals surface area contributed by atoms with Crippen LogP contribution in [0.5, 0.6) is 0 Å². The molecule has 2 N–H and O–H groups in total. The molecule has 2 amide bonds. The van der Waals surface area contributed by atoms with Crippen LogP contribution in [0.3, 0.4) is 0 Å². The Kier molecular flexibility index (Phi) is 5.72. The molecule has 2 aromatic rings. The van der Waals surface area contributed by atoms with Gasteiger partial charge in [-0.1, -0.05) is 25.1 Å². The van der Waals surface area contributed by atoms with E-state index >= 15 is 0 Å². The number of amides is 2. The average molecular weight is 316 g/mol. The summed E-state index contributed by atoms with van der Waals surface area (Å²) in [7, 11) is 0. The maximum absolute atomic E-state index is 12.0. The summed E-state index contributed by atoms with van der Waals surface area (Å²) in [5.41, 5.74) is 1.60. The maximum Gasteiger partial charge on any atom is 0.261 e. The van der Waals surface area contributed by atoms with Crippen molar-refractivity contribution in [3.63, 3.8) is 0 Å². The Bertz CT molecular complexity index is 621. The van der Waals surface area contributed by atoms with E-state index in [2.05, 4.69) is 10.6 Å². The quantitative estimate of drug-likeness (QED) is 0.860. The van der Waals surface area contributed by atoms with E-state index in [1.165, 1.54) is 11.3 Å². The van der Waals surface area contributed by atoms with Gasteiger partial charge in [-0.2, -0.15) is 0 Å². The number of thiophene rings is 1. The monoisotopic (exact) mass is 316 g/mol. The summed E-state index contributed by atoms with van der Waals surface area (Å²) < 4.78 is 0. The summed E-state index contributed by atoms with van der Waals surface area (Å²) in [6, 6.07) is 11.1. The van der Waals surface area contributed by atoms with Crippen LogP contribution in [-0.2, 0) is 6.54 Å². The summed E-state index contributed by atoms with van der Waals surface area (Å²) in [6.45, 7) is 4.46. The Hall–Kier alpha value is -2.14. The molecule has 1 heterocycles. The lowest BCUT2D eigenvalue weighted by Gasteiger charge is -2.11. The van der Waals surface area contributed by atoms with Crippen molar-refractivity contribution in [1.29, 1.82) is 0 Å². The molecule has 0 fully saturated rings. The third-order valence-corrected chi connectivity index (χ3v) is 4.27. The Morgan fingerprint density at radius 1 is 1.14 bits per heavy atom. The molecule has 0 unspecified atom stereocenters. The Morgan fingerprint density at radius 2 is 1.86 bits per heavy atom. The van der Waals surface area contributed by atoms with E-state index in [0.29, 0.717) is 17.0 Å². The summed E-state index contributed by atoms with van der Waals surface area (Å²) >= 11 is 1.42. The van der Waals surface area contributed by atoms with Crippen LogP contribution in [0.1, 0.15) is 45.9 Å². The van der Waals surface area contributed by atoms with Gasteiger partial charge in [-0.15, -0.1) is 11.3 Å². The van der Waals surface area contributed by atoms with Crippen molar-refractivity contribution < 1.29 is 9.59 Å². The van der Waals surface area contributed by atoms with E-state index in [1.54, 1.807) is 18.2 Å². The number of carbonyl (C=O) groups excluding carboxylic acids is 2. The third-order valence-electron chi connectivity index (χ3n) is 3.40. The molecule has 0 saturated heterocycles. The fourth-order valence-electron chi connectivity index (χ4n) is 1.86. The first-order chi connectivity index (χ1) is 10.6. The van der Waals surface area contributed by atoms with Crippen LogP contribution in [0.4, 0.5) is 0 Å². The molecule has 1 aromatic carbocycles. The zero-order valence-electron chi connectivity index (χ0n) is 12.8. The van der Waals surface area contributed by atoms with E-state index < -0.39 is 0 Å². The number of rotatable bonds is 6. The van der Waals surface area contributed by atoms with Crippen LogP contribution in [0.2, 0.25) is 0 Å². The van der Waals surface area contributed by atoms with E-state index in [4.69, 9.17) is 0 Å². The van der Waals surface area contributed by atoms with Crippen molar-refractivity contribution in [3.05, 3.63) is 57.8 Å². The van der Waals surface area contributed by atoms with Crippen molar-refractivity contribution in [3.8, 4) is 0 Å². The highest BCUT2D eigenvalue weighted by molar-refractivity contribution is 7.12. The van der Waals surface area contributed by atoms with Crippen molar-refractivity contribution in [2.75, 3.05) is 0 Å². The Morgan fingerprint density at radius 3 is 2.45 bits per heavy atom. The normalized spacial score (nSPS) is 11.7. The van der Waals surface area contributed by atoms with Crippen LogP contribution in [0, 0.1) is 0 Å². The predicted octanol–water partition coefficient (Wildman–Crippen LogP) is 3.21. The lowest BCUT2D eigenvalue weighted by Crippen LogP contribution is -2.31. The lowest BCUT2D eigenvalue weighted by molar-refractivity contribution is 0.0935. The van der Waals surface area contributed by atoms with Crippen LogP contribution in [0.15, 0.2) is 41.8 Å². The second-order valence-electron chi connectivity index (χ2n) is 5.14. The summed E-state index contributed by atoms with van der Waals surface area (Å²) in [4.78, 5) is 24.5. The van der Waals surface area contributed by atoms with E-state index in [1.807, 2.05) is 37.4 Å². The van der Waals surface area contributed by atoms with E-state index in [-0.39, 0.29) is 17.9 Å². The van der Waals surface area contributed by atoms with E-state index in [9.17, 15) is 9.59 Å². The van der Waals surface area contributed by atoms with E-state index in [0.717, 1.165) is 12.0 Å². The van der Waals surface area contributed by atoms with Gasteiger partial charge < -0.3 is 10.6 Å². The first kappa shape index (κ1) is 16.2. The summed E-state index contributed by atoms with van der Waals surface area (Å²) in [5.74, 6) is -0.142. The van der Waals surface area contributed by atoms with Crippen LogP contribution < -0.4 is 10.6 Å². The molecule has 116 valence electrons. The van der Waals surface area contributed by atoms with Gasteiger partial charge in [0.15, 0.2) is 0 Å². The topological polar surface area (TPSA) is 58.2 Å². The van der Waals surface area contributed by atoms with Crippen LogP contribution in [-0.4, -0.2) is 17.9 Å². The van der Waals surface area contributed by atoms with Gasteiger partial charge in [0.05, 0.1) is 4.88 Å². The van der Waals surface area contributed by atoms with Gasteiger partial charge in [-0.25, -0.2) is 0 Å². The molecular weight excluding hydrogens is 296 g/mol. The number of hydrogen-bond donors (Lipinski definition) is 2. The molecule has 2 rings (SSSR count). The first-order valence-electron chi connectivity index (χ1n) is 7.31. The fraction of sp³-hybridized carbons (Fsp3) is 0.294. The van der Waals surface area contributed by atoms with Crippen LogP contribution >= 0.6 is 11.3 Å². The highest BCUT2D eigenvalue weighted by atomic mass is 32.1. The van der Waals surface area contributed by atoms with Crippen molar-refractivity contribution in [2.45, 2.75) is 32.9 Å². The zero-order valence-corrected chi connectivity index (χ0v) is 13.6. The Labute approximate surface area is 134 Å². The minimum atomic E-state index is -0.0754. The molecule has 1 aromatic heterocycles. The number of carbonyl (C=O) groups is 2. The number of nitrogens with one attached hydrogen (secondary N) is 2. The lowest BCUT2D eigenvalue weighted by atomic mass is 10.1. The molecule has 5 heteroatoms. The number of hydrogen-bond acceptors (Lipinski definition) is 3. The molecule has 0 bridgehead atoms. The molecule has 0 aliphatic carbocycles. The van der Waals surface area contributed by atoms with Gasteiger partial charge in [0.2, 0.25) is 0 Å². The zero-order chi connectivity index (χ0) is 15.9. The summed E-state index contributed by atoms with van der Waals surface area (Å²) in [6.07, 6.45) is 0.901. The highest BCUT2D eigenvalue weighted by Gasteiger charge is 2.09. The van der Waals surface area contributed by atoms with Crippen molar-refractivity contribution >= 4 is 23.2 Å². The van der Waals surface area contributed by atoms with Gasteiger partial charge in [0.25, 0.3) is 11.8 Å². The second kappa shape index (κ2) is 7.75. The first-order valence-corrected chi connectivity index (χ1v) is 8.19. The minimum Gasteiger partial charge on any atom is -0.350 e. The fourth-order valence-corrected chi connectivity index (χ4v) is 2.50. The third kappa shape index (κ3) is 4.43. The van der Waals surface area contributed by atoms with Gasteiger partial charge >= 0.3 is 0 Å². The molecule has 22 heavy (non-hydrogen) atoms. The molecule has 4 nitrogen and oxygen atoms in total. The molecule has 0 aliphatic rings. The maximum atomic E-state index is 12.0. The van der Waals surface area contributed by atoms with Crippen molar-refractivity contribution in [1.82, 2.24) is 10.6 Å². The summed E-state index contributed by atoms with van der Waals surface area (Å²) in [5, 5.41) is 7.66. The predicted molar refractivity (Wildman–Crippen MR) is 89.2 cm³/mol. The molecule has 0 aliphatic heterocycles. The van der Waals surface area contributed by atoms with Gasteiger partial charge in [-0.3, -0.25) is 9.59 Å². The van der Waals surface area contributed by atoms with Gasteiger partial charge in [0, 0.05) is 18.2 Å². The average Bonchev–Trinajstić information content (AvgIpc) is 3.07. The van der Waals surface area contributed by atoms with Gasteiger partial charge in [0.1, 0.15) is 0 Å². The SMILES string of the molecule is CC[C@@H](C)NC(=O)c1ccc(CNC(=O)c2cccs2)cc1. The minimum absolute atomic E-state index is 0.0662. The number of benzene rings is 1. The standard InChI is InChI=1S/C17H20N2O2S/c1-3-12(2)19-16(20)14-8-6-13(7-9-14)11-18-17(21)15-5-4-10-22-15/h4-10,12H,3,11H2,1-2H3,(H,18,21)(H,19,20)/t12-/m1/s1. The molecule has 0 saturated carbocycles. The smallest absolute Gasteiger partial charge is 0.261 e. The highest BCUT2D eigenvalue weighted by Crippen LogP contribution is 2.09. The van der Waals surface area contributed by atoms with Crippen molar-refractivity contribution in [2.24, 2.45) is 0 Å².